The summed E-state index contributed by atoms with van der Waals surface area (Å²) in [6.07, 6.45) is -0.493. The zero-order chi connectivity index (χ0) is 13.8. The average Bonchev–Trinajstić information content (AvgIpc) is 2.39. The fourth-order valence-corrected chi connectivity index (χ4v) is 2.22. The monoisotopic (exact) mass is 321 g/mol. The van der Waals surface area contributed by atoms with E-state index in [-0.39, 0.29) is 5.91 Å². The predicted octanol–water partition coefficient (Wildman–Crippen LogP) is 3.51. The third kappa shape index (κ3) is 3.47. The molecule has 2 aromatic rings. The Kier molecular flexibility index (Phi) is 4.43. The lowest BCUT2D eigenvalue weighted by Gasteiger charge is -2.14. The number of ether oxygens (including phenoxy) is 1. The van der Waals surface area contributed by atoms with Crippen molar-refractivity contribution in [1.82, 2.24) is 5.32 Å². The van der Waals surface area contributed by atoms with Gasteiger partial charge in [-0.15, -0.1) is 0 Å². The van der Waals surface area contributed by atoms with E-state index in [1.807, 2.05) is 43.3 Å². The van der Waals surface area contributed by atoms with E-state index in [1.54, 1.807) is 6.92 Å². The van der Waals surface area contributed by atoms with Gasteiger partial charge in [-0.05, 0) is 48.9 Å². The van der Waals surface area contributed by atoms with Crippen LogP contribution in [0.25, 0.3) is 10.8 Å². The lowest BCUT2D eigenvalue weighted by molar-refractivity contribution is -0.127. The summed E-state index contributed by atoms with van der Waals surface area (Å²) in [5.41, 5.74) is 0. The second-order valence-corrected chi connectivity index (χ2v) is 5.22. The Bertz CT molecular complexity index is 598. The molecule has 0 spiro atoms. The molecule has 0 aliphatic heterocycles. The van der Waals surface area contributed by atoms with Crippen LogP contribution >= 0.6 is 15.9 Å². The number of nitrogens with one attached hydrogen (secondary N) is 1. The summed E-state index contributed by atoms with van der Waals surface area (Å²) < 4.78 is 6.69. The molecule has 0 saturated carbocycles. The van der Waals surface area contributed by atoms with E-state index in [2.05, 4.69) is 21.2 Å². The predicted molar refractivity (Wildman–Crippen MR) is 80.4 cm³/mol. The normalized spacial score (nSPS) is 12.2. The van der Waals surface area contributed by atoms with Gasteiger partial charge >= 0.3 is 0 Å². The first-order valence-electron chi connectivity index (χ1n) is 6.24. The number of likely N-dealkylation sites (N-methyl/N-ethyl adjacent to an activating group) is 1. The van der Waals surface area contributed by atoms with Crippen molar-refractivity contribution in [3.05, 3.63) is 40.9 Å². The molecule has 0 aliphatic carbocycles. The first kappa shape index (κ1) is 13.9. The SMILES string of the molecule is CCNC(=O)C(C)Oc1ccc2cc(Br)ccc2c1. The van der Waals surface area contributed by atoms with Gasteiger partial charge in [-0.3, -0.25) is 4.79 Å². The van der Waals surface area contributed by atoms with Crippen LogP contribution in [-0.4, -0.2) is 18.6 Å². The van der Waals surface area contributed by atoms with Crippen molar-refractivity contribution in [2.75, 3.05) is 6.54 Å². The smallest absolute Gasteiger partial charge is 0.260 e. The molecule has 1 N–H and O–H groups in total. The van der Waals surface area contributed by atoms with Crippen LogP contribution < -0.4 is 10.1 Å². The van der Waals surface area contributed by atoms with Crippen LogP contribution in [0.15, 0.2) is 40.9 Å². The van der Waals surface area contributed by atoms with Gasteiger partial charge in [0.05, 0.1) is 0 Å². The molecule has 19 heavy (non-hydrogen) atoms. The van der Waals surface area contributed by atoms with Crippen LogP contribution in [0.1, 0.15) is 13.8 Å². The Hall–Kier alpha value is -1.55. The number of benzene rings is 2. The highest BCUT2D eigenvalue weighted by Gasteiger charge is 2.13. The summed E-state index contributed by atoms with van der Waals surface area (Å²) in [6.45, 7) is 4.24. The highest BCUT2D eigenvalue weighted by Crippen LogP contribution is 2.24. The Morgan fingerprint density at radius 2 is 1.95 bits per heavy atom. The minimum atomic E-state index is -0.493. The van der Waals surface area contributed by atoms with Gasteiger partial charge in [0.2, 0.25) is 0 Å². The maximum atomic E-state index is 11.6. The number of rotatable bonds is 4. The third-order valence-corrected chi connectivity index (χ3v) is 3.30. The maximum Gasteiger partial charge on any atom is 0.260 e. The summed E-state index contributed by atoms with van der Waals surface area (Å²) in [5.74, 6) is 0.604. The van der Waals surface area contributed by atoms with Crippen molar-refractivity contribution in [2.24, 2.45) is 0 Å². The van der Waals surface area contributed by atoms with Crippen LogP contribution in [0.4, 0.5) is 0 Å². The van der Waals surface area contributed by atoms with Crippen LogP contribution in [0, 0.1) is 0 Å². The lowest BCUT2D eigenvalue weighted by Crippen LogP contribution is -2.36. The molecule has 0 aromatic heterocycles. The Morgan fingerprint density at radius 3 is 2.68 bits per heavy atom. The number of fused-ring (bicyclic) bond motifs is 1. The maximum absolute atomic E-state index is 11.6. The van der Waals surface area contributed by atoms with Crippen molar-refractivity contribution in [3.8, 4) is 5.75 Å². The van der Waals surface area contributed by atoms with Gasteiger partial charge in [-0.2, -0.15) is 0 Å². The van der Waals surface area contributed by atoms with Crippen LogP contribution in [0.5, 0.6) is 5.75 Å². The van der Waals surface area contributed by atoms with Gasteiger partial charge in [-0.25, -0.2) is 0 Å². The average molecular weight is 322 g/mol. The molecule has 1 unspecified atom stereocenters. The van der Waals surface area contributed by atoms with Gasteiger partial charge in [-0.1, -0.05) is 28.1 Å². The van der Waals surface area contributed by atoms with E-state index in [4.69, 9.17) is 4.74 Å². The minimum Gasteiger partial charge on any atom is -0.481 e. The zero-order valence-electron chi connectivity index (χ0n) is 10.9. The van der Waals surface area contributed by atoms with Gasteiger partial charge in [0.25, 0.3) is 5.91 Å². The second-order valence-electron chi connectivity index (χ2n) is 4.31. The number of hydrogen-bond donors (Lipinski definition) is 1. The number of halogens is 1. The van der Waals surface area contributed by atoms with Crippen LogP contribution in [-0.2, 0) is 4.79 Å². The molecule has 0 radical (unpaired) electrons. The Morgan fingerprint density at radius 1 is 1.26 bits per heavy atom. The molecule has 1 atom stereocenters. The molecular weight excluding hydrogens is 306 g/mol. The summed E-state index contributed by atoms with van der Waals surface area (Å²) in [7, 11) is 0. The molecule has 3 nitrogen and oxygen atoms in total. The zero-order valence-corrected chi connectivity index (χ0v) is 12.5. The molecule has 2 rings (SSSR count). The van der Waals surface area contributed by atoms with Crippen molar-refractivity contribution in [3.63, 3.8) is 0 Å². The summed E-state index contributed by atoms with van der Waals surface area (Å²) in [5, 5.41) is 4.96. The molecule has 0 aliphatic rings. The largest absolute Gasteiger partial charge is 0.481 e. The van der Waals surface area contributed by atoms with E-state index >= 15 is 0 Å². The van der Waals surface area contributed by atoms with Crippen molar-refractivity contribution in [2.45, 2.75) is 20.0 Å². The topological polar surface area (TPSA) is 38.3 Å². The Labute approximate surface area is 121 Å². The first-order valence-corrected chi connectivity index (χ1v) is 7.03. The van der Waals surface area contributed by atoms with E-state index in [0.717, 1.165) is 15.2 Å². The minimum absolute atomic E-state index is 0.0987. The summed E-state index contributed by atoms with van der Waals surface area (Å²) in [6, 6.07) is 11.9. The standard InChI is InChI=1S/C15H16BrNO2/c1-3-17-15(18)10(2)19-14-7-5-11-8-13(16)6-4-12(11)9-14/h4-10H,3H2,1-2H3,(H,17,18). The third-order valence-electron chi connectivity index (χ3n) is 2.81. The quantitative estimate of drug-likeness (QED) is 0.935. The molecule has 2 aromatic carbocycles. The highest BCUT2D eigenvalue weighted by atomic mass is 79.9. The van der Waals surface area contributed by atoms with Crippen molar-refractivity contribution < 1.29 is 9.53 Å². The second kappa shape index (κ2) is 6.06. The number of amides is 1. The summed E-state index contributed by atoms with van der Waals surface area (Å²) >= 11 is 3.44. The Balaban J connectivity index is 2.17. The van der Waals surface area contributed by atoms with Gasteiger partial charge in [0.15, 0.2) is 6.10 Å². The summed E-state index contributed by atoms with van der Waals surface area (Å²) in [4.78, 5) is 11.6. The molecule has 0 saturated heterocycles. The van der Waals surface area contributed by atoms with Crippen LogP contribution in [0.2, 0.25) is 0 Å². The molecule has 0 bridgehead atoms. The highest BCUT2D eigenvalue weighted by molar-refractivity contribution is 9.10. The van der Waals surface area contributed by atoms with E-state index in [0.29, 0.717) is 12.3 Å². The number of hydrogen-bond acceptors (Lipinski definition) is 2. The molecular formula is C15H16BrNO2. The number of carbonyl (C=O) groups excluding carboxylic acids is 1. The molecule has 0 heterocycles. The molecule has 4 heteroatoms. The van der Waals surface area contributed by atoms with Gasteiger partial charge in [0.1, 0.15) is 5.75 Å². The first-order chi connectivity index (χ1) is 9.10. The van der Waals surface area contributed by atoms with E-state index in [1.165, 1.54) is 0 Å². The molecule has 100 valence electrons. The van der Waals surface area contributed by atoms with Crippen LogP contribution in [0.3, 0.4) is 0 Å². The lowest BCUT2D eigenvalue weighted by atomic mass is 10.1. The van der Waals surface area contributed by atoms with Crippen molar-refractivity contribution >= 4 is 32.6 Å². The number of carbonyl (C=O) groups is 1. The van der Waals surface area contributed by atoms with E-state index in [9.17, 15) is 4.79 Å². The fraction of sp³-hybridized carbons (Fsp3) is 0.267. The molecule has 1 amide bonds. The fourth-order valence-electron chi connectivity index (χ4n) is 1.84. The van der Waals surface area contributed by atoms with E-state index < -0.39 is 6.10 Å². The van der Waals surface area contributed by atoms with Gasteiger partial charge in [0, 0.05) is 11.0 Å². The van der Waals surface area contributed by atoms with Crippen molar-refractivity contribution in [1.29, 1.82) is 0 Å². The molecule has 0 fully saturated rings. The van der Waals surface area contributed by atoms with Gasteiger partial charge < -0.3 is 10.1 Å².